The molecule has 0 saturated heterocycles. The SMILES string of the molecule is CC(C)C1=Cc2cc(C(C)C)ccc2OC1.CC(C)c1ccc2c(c1)CC(C(C)C)CC2.CC(C)c1ccc2c(c1)CC(C(C)C)CO2.CC(C)c1ccc2c(c1)CN(C(C)C)CC2. The van der Waals surface area contributed by atoms with Gasteiger partial charge in [-0.15, -0.1) is 0 Å². The molecule has 4 aromatic carbocycles. The van der Waals surface area contributed by atoms with Gasteiger partial charge in [0.2, 0.25) is 0 Å². The van der Waals surface area contributed by atoms with Crippen molar-refractivity contribution < 1.29 is 9.47 Å². The maximum Gasteiger partial charge on any atom is 0.127 e. The number of fused-ring (bicyclic) bond motifs is 4. The summed E-state index contributed by atoms with van der Waals surface area (Å²) in [5, 5.41) is 0. The highest BCUT2D eigenvalue weighted by Crippen LogP contribution is 2.35. The molecule has 4 aromatic rings. The van der Waals surface area contributed by atoms with Gasteiger partial charge in [0.15, 0.2) is 0 Å². The third-order valence-electron chi connectivity index (χ3n) is 14.6. The summed E-state index contributed by atoms with van der Waals surface area (Å²) in [5.74, 6) is 8.26. The predicted molar refractivity (Wildman–Crippen MR) is 278 cm³/mol. The van der Waals surface area contributed by atoms with E-state index >= 15 is 0 Å². The molecule has 8 rings (SSSR count). The average molecular weight is 868 g/mol. The molecule has 0 radical (unpaired) electrons. The van der Waals surface area contributed by atoms with Crippen LogP contribution in [0.1, 0.15) is 197 Å². The van der Waals surface area contributed by atoms with E-state index in [0.717, 1.165) is 43.1 Å². The molecular weight excluding hydrogens is 779 g/mol. The molecular formula is C61H89NO2. The first-order chi connectivity index (χ1) is 30.3. The molecule has 0 saturated carbocycles. The predicted octanol–water partition coefficient (Wildman–Crippen LogP) is 16.4. The molecule has 0 N–H and O–H groups in total. The third kappa shape index (κ3) is 14.1. The van der Waals surface area contributed by atoms with E-state index < -0.39 is 0 Å². The topological polar surface area (TPSA) is 21.7 Å². The summed E-state index contributed by atoms with van der Waals surface area (Å²) < 4.78 is 11.6. The zero-order valence-corrected chi connectivity index (χ0v) is 43.4. The second kappa shape index (κ2) is 23.6. The van der Waals surface area contributed by atoms with Crippen LogP contribution in [0, 0.1) is 29.6 Å². The van der Waals surface area contributed by atoms with Gasteiger partial charge in [0.05, 0.1) is 6.61 Å². The monoisotopic (exact) mass is 868 g/mol. The Bertz CT molecular complexity index is 1940. The van der Waals surface area contributed by atoms with Gasteiger partial charge in [-0.25, -0.2) is 0 Å². The highest BCUT2D eigenvalue weighted by Gasteiger charge is 2.24. The lowest BCUT2D eigenvalue weighted by molar-refractivity contribution is 0.185. The standard InChI is InChI=1S/C16H24.C15H23N.C15H22O.C15H20O/c1-11(2)14-7-5-13-6-8-15(12(3)4)10-16(13)9-14;1-11(2)14-6-5-13-7-8-16(12(3)4)10-15(13)9-14;2*1-10(2)12-5-6-15-13(7-12)8-14(9-16-15)11(3)4/h5,7,9,11-12,15H,6,8,10H2,1-4H3;5-6,9,11-12H,7-8,10H2,1-4H3;5-7,10-11,14H,8-9H2,1-4H3;5-8,10-11H,9H2,1-4H3. The maximum absolute atomic E-state index is 5.83. The van der Waals surface area contributed by atoms with Crippen molar-refractivity contribution in [3.63, 3.8) is 0 Å². The van der Waals surface area contributed by atoms with Crippen molar-refractivity contribution >= 4 is 6.08 Å². The number of nitrogens with zero attached hydrogens (tertiary/aromatic N) is 1. The fraction of sp³-hybridized carbons (Fsp3) is 0.574. The van der Waals surface area contributed by atoms with Crippen LogP contribution in [0.3, 0.4) is 0 Å². The van der Waals surface area contributed by atoms with Crippen molar-refractivity contribution in [1.29, 1.82) is 0 Å². The fourth-order valence-corrected chi connectivity index (χ4v) is 9.26. The second-order valence-electron chi connectivity index (χ2n) is 22.1. The number of benzene rings is 4. The summed E-state index contributed by atoms with van der Waals surface area (Å²) >= 11 is 0. The molecule has 0 aromatic heterocycles. The van der Waals surface area contributed by atoms with Crippen molar-refractivity contribution in [2.75, 3.05) is 19.8 Å². The van der Waals surface area contributed by atoms with Crippen molar-refractivity contribution in [2.45, 2.75) is 179 Å². The lowest BCUT2D eigenvalue weighted by Gasteiger charge is -2.32. The lowest BCUT2D eigenvalue weighted by Crippen LogP contribution is -2.35. The number of hydrogen-bond donors (Lipinski definition) is 0. The van der Waals surface area contributed by atoms with Crippen LogP contribution in [0.15, 0.2) is 78.4 Å². The average Bonchev–Trinajstić information content (AvgIpc) is 3.27. The number of ether oxygens (including phenoxy) is 2. The molecule has 3 nitrogen and oxygen atoms in total. The smallest absolute Gasteiger partial charge is 0.127 e. The summed E-state index contributed by atoms with van der Waals surface area (Å²) in [5.41, 5.74) is 16.1. The van der Waals surface area contributed by atoms with E-state index in [1.54, 1.807) is 22.3 Å². The minimum absolute atomic E-state index is 0.566. The number of aryl methyl sites for hydroxylation is 1. The van der Waals surface area contributed by atoms with E-state index in [1.807, 2.05) is 0 Å². The Morgan fingerprint density at radius 2 is 0.969 bits per heavy atom. The molecule has 3 heteroatoms. The highest BCUT2D eigenvalue weighted by atomic mass is 16.5. The quantitative estimate of drug-likeness (QED) is 0.176. The van der Waals surface area contributed by atoms with Crippen LogP contribution in [-0.4, -0.2) is 30.7 Å². The van der Waals surface area contributed by atoms with Crippen LogP contribution in [0.5, 0.6) is 11.5 Å². The Hall–Kier alpha value is -3.82. The van der Waals surface area contributed by atoms with Gasteiger partial charge < -0.3 is 9.47 Å². The molecule has 0 fully saturated rings. The maximum atomic E-state index is 5.83. The van der Waals surface area contributed by atoms with Crippen LogP contribution in [0.4, 0.5) is 0 Å². The highest BCUT2D eigenvalue weighted by molar-refractivity contribution is 5.63. The van der Waals surface area contributed by atoms with E-state index in [9.17, 15) is 0 Å². The van der Waals surface area contributed by atoms with Gasteiger partial charge in [-0.2, -0.15) is 0 Å². The minimum atomic E-state index is 0.566. The van der Waals surface area contributed by atoms with E-state index in [0.29, 0.717) is 47.5 Å². The molecule has 64 heavy (non-hydrogen) atoms. The Morgan fingerprint density at radius 3 is 1.52 bits per heavy atom. The zero-order chi connectivity index (χ0) is 46.8. The Kier molecular flexibility index (Phi) is 18.8. The number of rotatable bonds is 8. The first-order valence-electron chi connectivity index (χ1n) is 25.5. The van der Waals surface area contributed by atoms with Crippen LogP contribution in [-0.2, 0) is 32.2 Å². The van der Waals surface area contributed by atoms with Gasteiger partial charge in [0.1, 0.15) is 18.1 Å². The second-order valence-corrected chi connectivity index (χ2v) is 22.1. The van der Waals surface area contributed by atoms with Crippen LogP contribution in [0.2, 0.25) is 0 Å². The van der Waals surface area contributed by atoms with Crippen LogP contribution in [0.25, 0.3) is 6.08 Å². The molecule has 3 heterocycles. The molecule has 350 valence electrons. The molecule has 4 aliphatic rings. The molecule has 3 aliphatic heterocycles. The largest absolute Gasteiger partial charge is 0.493 e. The Labute approximate surface area is 392 Å². The lowest BCUT2D eigenvalue weighted by atomic mass is 9.77. The summed E-state index contributed by atoms with van der Waals surface area (Å²) in [4.78, 5) is 2.56. The first-order valence-corrected chi connectivity index (χ1v) is 25.5. The van der Waals surface area contributed by atoms with Crippen LogP contribution < -0.4 is 9.47 Å². The first kappa shape index (κ1) is 51.2. The van der Waals surface area contributed by atoms with Gasteiger partial charge in [-0.1, -0.05) is 152 Å². The molecule has 2 atom stereocenters. The Balaban J connectivity index is 0.000000161. The van der Waals surface area contributed by atoms with Gasteiger partial charge in [-0.05, 0) is 179 Å². The molecule has 2 unspecified atom stereocenters. The third-order valence-corrected chi connectivity index (χ3v) is 14.6. The van der Waals surface area contributed by atoms with Crippen molar-refractivity contribution in [1.82, 2.24) is 4.90 Å². The van der Waals surface area contributed by atoms with E-state index in [4.69, 9.17) is 9.47 Å². The van der Waals surface area contributed by atoms with Gasteiger partial charge in [0, 0.05) is 24.7 Å². The van der Waals surface area contributed by atoms with Crippen LogP contribution >= 0.6 is 0 Å². The van der Waals surface area contributed by atoms with E-state index in [-0.39, 0.29) is 0 Å². The van der Waals surface area contributed by atoms with Crippen molar-refractivity contribution in [2.24, 2.45) is 29.6 Å². The van der Waals surface area contributed by atoms with Gasteiger partial charge in [0.25, 0.3) is 0 Å². The minimum Gasteiger partial charge on any atom is -0.493 e. The summed E-state index contributed by atoms with van der Waals surface area (Å²) in [7, 11) is 0. The van der Waals surface area contributed by atoms with E-state index in [2.05, 4.69) is 195 Å². The number of hydrogen-bond acceptors (Lipinski definition) is 3. The summed E-state index contributed by atoms with van der Waals surface area (Å²) in [6, 6.07) is 28.0. The Morgan fingerprint density at radius 1 is 0.469 bits per heavy atom. The normalized spacial score (nSPS) is 17.9. The fourth-order valence-electron chi connectivity index (χ4n) is 9.26. The molecule has 1 aliphatic carbocycles. The summed E-state index contributed by atoms with van der Waals surface area (Å²) in [6.45, 7) is 40.3. The molecule has 0 amide bonds. The van der Waals surface area contributed by atoms with Crippen molar-refractivity contribution in [3.05, 3.63) is 134 Å². The summed E-state index contributed by atoms with van der Waals surface area (Å²) in [6.07, 6.45) is 8.64. The van der Waals surface area contributed by atoms with Gasteiger partial charge in [-0.3, -0.25) is 4.90 Å². The van der Waals surface area contributed by atoms with Crippen molar-refractivity contribution in [3.8, 4) is 11.5 Å². The molecule has 0 bridgehead atoms. The molecule has 0 spiro atoms. The van der Waals surface area contributed by atoms with Gasteiger partial charge >= 0.3 is 0 Å². The van der Waals surface area contributed by atoms with E-state index in [1.165, 1.54) is 77.6 Å². The zero-order valence-electron chi connectivity index (χ0n) is 43.4.